The van der Waals surface area contributed by atoms with Gasteiger partial charge in [0.15, 0.2) is 0 Å². The normalized spacial score (nSPS) is 10.2. The molecular formula is C13H7Cl3N2O3. The summed E-state index contributed by atoms with van der Waals surface area (Å²) in [4.78, 5) is 27.0. The molecule has 0 radical (unpaired) electrons. The number of hydrogen-bond donors (Lipinski definition) is 2. The summed E-state index contributed by atoms with van der Waals surface area (Å²) in [6, 6.07) is 5.60. The Morgan fingerprint density at radius 3 is 2.48 bits per heavy atom. The van der Waals surface area contributed by atoms with Crippen LogP contribution in [0.15, 0.2) is 30.5 Å². The molecule has 0 aliphatic heterocycles. The van der Waals surface area contributed by atoms with Crippen molar-refractivity contribution in [3.8, 4) is 0 Å². The van der Waals surface area contributed by atoms with E-state index in [1.165, 1.54) is 30.5 Å². The highest BCUT2D eigenvalue weighted by Crippen LogP contribution is 2.27. The molecule has 0 aliphatic carbocycles. The zero-order chi connectivity index (χ0) is 15.6. The second kappa shape index (κ2) is 6.30. The van der Waals surface area contributed by atoms with Gasteiger partial charge in [-0.3, -0.25) is 4.79 Å². The average Bonchev–Trinajstić information content (AvgIpc) is 2.43. The second-order valence-corrected chi connectivity index (χ2v) is 5.09. The Morgan fingerprint density at radius 1 is 1.14 bits per heavy atom. The number of anilines is 1. The number of carbonyl (C=O) groups excluding carboxylic acids is 1. The van der Waals surface area contributed by atoms with Crippen LogP contribution in [0.4, 0.5) is 5.69 Å². The molecule has 0 spiro atoms. The number of para-hydroxylation sites is 1. The summed E-state index contributed by atoms with van der Waals surface area (Å²) >= 11 is 17.4. The Morgan fingerprint density at radius 2 is 1.86 bits per heavy atom. The monoisotopic (exact) mass is 344 g/mol. The van der Waals surface area contributed by atoms with E-state index in [0.717, 1.165) is 0 Å². The van der Waals surface area contributed by atoms with Crippen molar-refractivity contribution in [2.45, 2.75) is 0 Å². The van der Waals surface area contributed by atoms with Crippen LogP contribution in [0.25, 0.3) is 0 Å². The Bertz CT molecular complexity index is 735. The molecule has 0 saturated carbocycles. The molecule has 108 valence electrons. The van der Waals surface area contributed by atoms with Crippen LogP contribution in [0.5, 0.6) is 0 Å². The Balaban J connectivity index is 2.36. The van der Waals surface area contributed by atoms with Crippen LogP contribution in [-0.4, -0.2) is 22.0 Å². The van der Waals surface area contributed by atoms with Gasteiger partial charge in [0.1, 0.15) is 5.15 Å². The highest BCUT2D eigenvalue weighted by Gasteiger charge is 2.17. The number of carboxylic acids is 1. The van der Waals surface area contributed by atoms with Gasteiger partial charge in [-0.05, 0) is 18.2 Å². The molecule has 2 rings (SSSR count). The van der Waals surface area contributed by atoms with Crippen LogP contribution in [0, 0.1) is 0 Å². The fourth-order valence-electron chi connectivity index (χ4n) is 1.56. The molecular weight excluding hydrogens is 339 g/mol. The molecule has 0 bridgehead atoms. The topological polar surface area (TPSA) is 79.3 Å². The van der Waals surface area contributed by atoms with Crippen LogP contribution in [0.3, 0.4) is 0 Å². The van der Waals surface area contributed by atoms with Crippen molar-refractivity contribution in [3.05, 3.63) is 56.8 Å². The third-order valence-electron chi connectivity index (χ3n) is 2.54. The first-order valence-corrected chi connectivity index (χ1v) is 6.67. The number of aromatic nitrogens is 1. The lowest BCUT2D eigenvalue weighted by atomic mass is 10.1. The van der Waals surface area contributed by atoms with Crippen molar-refractivity contribution in [2.75, 3.05) is 5.32 Å². The number of carbonyl (C=O) groups is 2. The molecule has 5 nitrogen and oxygen atoms in total. The summed E-state index contributed by atoms with van der Waals surface area (Å²) in [7, 11) is 0. The number of hydrogen-bond acceptors (Lipinski definition) is 3. The molecule has 0 aliphatic rings. The standard InChI is InChI=1S/C13H7Cl3N2O3/c14-8-3-1-2-7(13(20)21)10(8)18-12(19)6-4-9(15)11(16)17-5-6/h1-5H,(H,18,19)(H,20,21). The number of carboxylic acid groups (broad SMARTS) is 1. The summed E-state index contributed by atoms with van der Waals surface area (Å²) in [5, 5.41) is 11.8. The lowest BCUT2D eigenvalue weighted by Crippen LogP contribution is -2.15. The number of nitrogens with zero attached hydrogens (tertiary/aromatic N) is 1. The number of aromatic carboxylic acids is 1. The first-order valence-electron chi connectivity index (χ1n) is 5.54. The van der Waals surface area contributed by atoms with Crippen molar-refractivity contribution >= 4 is 52.4 Å². The third kappa shape index (κ3) is 3.44. The van der Waals surface area contributed by atoms with Crippen molar-refractivity contribution in [1.29, 1.82) is 0 Å². The van der Waals surface area contributed by atoms with Crippen LogP contribution >= 0.6 is 34.8 Å². The molecule has 0 saturated heterocycles. The molecule has 0 fully saturated rings. The Labute approximate surface area is 134 Å². The minimum atomic E-state index is -1.21. The van der Waals surface area contributed by atoms with Crippen molar-refractivity contribution in [2.24, 2.45) is 0 Å². The van der Waals surface area contributed by atoms with Gasteiger partial charge >= 0.3 is 5.97 Å². The summed E-state index contributed by atoms with van der Waals surface area (Å²) in [5.74, 6) is -1.81. The van der Waals surface area contributed by atoms with Gasteiger partial charge in [0, 0.05) is 6.20 Å². The van der Waals surface area contributed by atoms with E-state index in [4.69, 9.17) is 39.9 Å². The van der Waals surface area contributed by atoms with Gasteiger partial charge in [0.2, 0.25) is 0 Å². The van der Waals surface area contributed by atoms with Gasteiger partial charge in [-0.1, -0.05) is 40.9 Å². The van der Waals surface area contributed by atoms with Gasteiger partial charge in [0.05, 0.1) is 26.9 Å². The van der Waals surface area contributed by atoms with Crippen LogP contribution in [-0.2, 0) is 0 Å². The van der Waals surface area contributed by atoms with Crippen molar-refractivity contribution in [3.63, 3.8) is 0 Å². The molecule has 8 heteroatoms. The zero-order valence-electron chi connectivity index (χ0n) is 10.2. The minimum Gasteiger partial charge on any atom is -0.478 e. The van der Waals surface area contributed by atoms with E-state index in [1.54, 1.807) is 0 Å². The van der Waals surface area contributed by atoms with Gasteiger partial charge in [0.25, 0.3) is 5.91 Å². The SMILES string of the molecule is O=C(Nc1c(Cl)cccc1C(=O)O)c1cnc(Cl)c(Cl)c1. The van der Waals surface area contributed by atoms with E-state index >= 15 is 0 Å². The Kier molecular flexibility index (Phi) is 4.67. The summed E-state index contributed by atoms with van der Waals surface area (Å²) in [6.45, 7) is 0. The van der Waals surface area contributed by atoms with Crippen molar-refractivity contribution < 1.29 is 14.7 Å². The van der Waals surface area contributed by atoms with Gasteiger partial charge in [-0.2, -0.15) is 0 Å². The first-order chi connectivity index (χ1) is 9.90. The molecule has 21 heavy (non-hydrogen) atoms. The first kappa shape index (κ1) is 15.6. The number of rotatable bonds is 3. The lowest BCUT2D eigenvalue weighted by Gasteiger charge is -2.10. The number of nitrogens with one attached hydrogen (secondary N) is 1. The van der Waals surface area contributed by atoms with Gasteiger partial charge < -0.3 is 10.4 Å². The molecule has 2 N–H and O–H groups in total. The fourth-order valence-corrected chi connectivity index (χ4v) is 2.05. The predicted molar refractivity (Wildman–Crippen MR) is 80.6 cm³/mol. The van der Waals surface area contributed by atoms with E-state index in [2.05, 4.69) is 10.3 Å². The maximum absolute atomic E-state index is 12.1. The van der Waals surface area contributed by atoms with Crippen LogP contribution < -0.4 is 5.32 Å². The van der Waals surface area contributed by atoms with E-state index < -0.39 is 11.9 Å². The molecule has 1 aromatic heterocycles. The van der Waals surface area contributed by atoms with Crippen LogP contribution in [0.2, 0.25) is 15.2 Å². The van der Waals surface area contributed by atoms with E-state index in [0.29, 0.717) is 0 Å². The number of halogens is 3. The molecule has 2 aromatic rings. The van der Waals surface area contributed by atoms with Gasteiger partial charge in [-0.25, -0.2) is 9.78 Å². The average molecular weight is 346 g/mol. The largest absolute Gasteiger partial charge is 0.478 e. The Hall–Kier alpha value is -1.82. The number of pyridine rings is 1. The predicted octanol–water partition coefficient (Wildman–Crippen LogP) is 3.99. The molecule has 0 unspecified atom stereocenters. The maximum atomic E-state index is 12.1. The zero-order valence-corrected chi connectivity index (χ0v) is 12.5. The molecule has 1 heterocycles. The fraction of sp³-hybridized carbons (Fsp3) is 0. The maximum Gasteiger partial charge on any atom is 0.337 e. The number of benzene rings is 1. The summed E-state index contributed by atoms with van der Waals surface area (Å²) in [5.41, 5.74) is 0.00673. The van der Waals surface area contributed by atoms with Crippen molar-refractivity contribution in [1.82, 2.24) is 4.98 Å². The molecule has 1 aromatic carbocycles. The van der Waals surface area contributed by atoms with Crippen LogP contribution in [0.1, 0.15) is 20.7 Å². The summed E-state index contributed by atoms with van der Waals surface area (Å²) < 4.78 is 0. The molecule has 1 amide bonds. The third-order valence-corrected chi connectivity index (χ3v) is 3.54. The number of amides is 1. The quantitative estimate of drug-likeness (QED) is 0.824. The van der Waals surface area contributed by atoms with E-state index in [1.807, 2.05) is 0 Å². The molecule has 0 atom stereocenters. The smallest absolute Gasteiger partial charge is 0.337 e. The van der Waals surface area contributed by atoms with Gasteiger partial charge in [-0.15, -0.1) is 0 Å². The second-order valence-electron chi connectivity index (χ2n) is 3.92. The van der Waals surface area contributed by atoms with E-state index in [9.17, 15) is 9.59 Å². The minimum absolute atomic E-state index is 0.00254. The lowest BCUT2D eigenvalue weighted by molar-refractivity contribution is 0.0698. The highest BCUT2D eigenvalue weighted by molar-refractivity contribution is 6.41. The van der Waals surface area contributed by atoms with E-state index in [-0.39, 0.29) is 32.0 Å². The highest BCUT2D eigenvalue weighted by atomic mass is 35.5. The summed E-state index contributed by atoms with van der Waals surface area (Å²) in [6.07, 6.45) is 1.22.